The van der Waals surface area contributed by atoms with Gasteiger partial charge in [0.05, 0.1) is 0 Å². The molecule has 0 saturated carbocycles. The molecule has 1 fully saturated rings. The maximum Gasteiger partial charge on any atom is 0.224 e. The lowest BCUT2D eigenvalue weighted by Crippen LogP contribution is -2.55. The average Bonchev–Trinajstić information content (AvgIpc) is 2.51. The fourth-order valence-electron chi connectivity index (χ4n) is 3.35. The van der Waals surface area contributed by atoms with E-state index in [2.05, 4.69) is 54.4 Å². The topological polar surface area (TPSA) is 58.4 Å². The minimum Gasteiger partial charge on any atom is -0.352 e. The summed E-state index contributed by atoms with van der Waals surface area (Å²) in [5.74, 6) is 0.868. The van der Waals surface area contributed by atoms with E-state index in [1.807, 2.05) is 6.92 Å². The SMILES string of the molecule is CC(CN)C(=O)NC1C(C)CN(Cc2ccccc2)CC1C. The molecule has 3 unspecified atom stereocenters. The first-order valence-corrected chi connectivity index (χ1v) is 8.28. The van der Waals surface area contributed by atoms with Crippen molar-refractivity contribution in [2.75, 3.05) is 19.6 Å². The van der Waals surface area contributed by atoms with E-state index < -0.39 is 0 Å². The minimum atomic E-state index is -0.109. The van der Waals surface area contributed by atoms with Gasteiger partial charge in [-0.15, -0.1) is 0 Å². The first-order chi connectivity index (χ1) is 10.5. The quantitative estimate of drug-likeness (QED) is 0.873. The summed E-state index contributed by atoms with van der Waals surface area (Å²) in [4.78, 5) is 14.6. The van der Waals surface area contributed by atoms with Crippen LogP contribution in [0.3, 0.4) is 0 Å². The van der Waals surface area contributed by atoms with Crippen LogP contribution in [0.1, 0.15) is 26.3 Å². The highest BCUT2D eigenvalue weighted by molar-refractivity contribution is 5.78. The van der Waals surface area contributed by atoms with E-state index in [0.29, 0.717) is 18.4 Å². The summed E-state index contributed by atoms with van der Waals surface area (Å²) in [7, 11) is 0. The summed E-state index contributed by atoms with van der Waals surface area (Å²) < 4.78 is 0. The highest BCUT2D eigenvalue weighted by Crippen LogP contribution is 2.23. The van der Waals surface area contributed by atoms with Crippen molar-refractivity contribution in [1.82, 2.24) is 10.2 Å². The van der Waals surface area contributed by atoms with Crippen LogP contribution in [0.25, 0.3) is 0 Å². The Morgan fingerprint density at radius 1 is 1.27 bits per heavy atom. The zero-order chi connectivity index (χ0) is 16.1. The standard InChI is InChI=1S/C18H29N3O/c1-13(9-19)18(22)20-17-14(2)10-21(11-15(17)3)12-16-7-5-4-6-8-16/h4-8,13-15,17H,9-12,19H2,1-3H3,(H,20,22). The molecular formula is C18H29N3O. The van der Waals surface area contributed by atoms with Crippen molar-refractivity contribution in [3.8, 4) is 0 Å². The van der Waals surface area contributed by atoms with Crippen LogP contribution in [0.2, 0.25) is 0 Å². The van der Waals surface area contributed by atoms with Crippen LogP contribution in [0.15, 0.2) is 30.3 Å². The second-order valence-electron chi connectivity index (χ2n) is 6.81. The molecule has 0 spiro atoms. The number of piperidine rings is 1. The number of benzene rings is 1. The number of nitrogens with zero attached hydrogens (tertiary/aromatic N) is 1. The highest BCUT2D eigenvalue weighted by atomic mass is 16.1. The summed E-state index contributed by atoms with van der Waals surface area (Å²) in [5, 5.41) is 3.21. The van der Waals surface area contributed by atoms with Crippen molar-refractivity contribution in [3.05, 3.63) is 35.9 Å². The Morgan fingerprint density at radius 3 is 2.41 bits per heavy atom. The van der Waals surface area contributed by atoms with Crippen molar-refractivity contribution in [1.29, 1.82) is 0 Å². The van der Waals surface area contributed by atoms with Gasteiger partial charge in [-0.2, -0.15) is 0 Å². The van der Waals surface area contributed by atoms with Gasteiger partial charge in [-0.3, -0.25) is 9.69 Å². The van der Waals surface area contributed by atoms with Crippen LogP contribution < -0.4 is 11.1 Å². The Hall–Kier alpha value is -1.39. The zero-order valence-corrected chi connectivity index (χ0v) is 14.0. The molecule has 0 bridgehead atoms. The van der Waals surface area contributed by atoms with E-state index in [-0.39, 0.29) is 17.9 Å². The van der Waals surface area contributed by atoms with Crippen molar-refractivity contribution in [3.63, 3.8) is 0 Å². The number of rotatable bonds is 5. The fourth-order valence-corrected chi connectivity index (χ4v) is 3.35. The Morgan fingerprint density at radius 2 is 1.86 bits per heavy atom. The number of hydrogen-bond donors (Lipinski definition) is 2. The van der Waals surface area contributed by atoms with E-state index in [9.17, 15) is 4.79 Å². The van der Waals surface area contributed by atoms with Gasteiger partial charge in [-0.1, -0.05) is 51.1 Å². The summed E-state index contributed by atoms with van der Waals surface area (Å²) in [6.07, 6.45) is 0. The molecule has 0 radical (unpaired) electrons. The summed E-state index contributed by atoms with van der Waals surface area (Å²) in [6.45, 7) is 9.76. The molecule has 1 aromatic carbocycles. The van der Waals surface area contributed by atoms with Crippen LogP contribution in [0.5, 0.6) is 0 Å². The number of carbonyl (C=O) groups is 1. The molecule has 1 aliphatic heterocycles. The van der Waals surface area contributed by atoms with Gasteiger partial charge < -0.3 is 11.1 Å². The first-order valence-electron chi connectivity index (χ1n) is 8.28. The third kappa shape index (κ3) is 4.31. The normalized spacial score (nSPS) is 27.4. The van der Waals surface area contributed by atoms with Crippen LogP contribution in [0.4, 0.5) is 0 Å². The third-order valence-corrected chi connectivity index (χ3v) is 4.68. The molecular weight excluding hydrogens is 274 g/mol. The van der Waals surface area contributed by atoms with Crippen LogP contribution in [0, 0.1) is 17.8 Å². The second kappa shape index (κ2) is 7.75. The molecule has 3 N–H and O–H groups in total. The van der Waals surface area contributed by atoms with Gasteiger partial charge in [0.25, 0.3) is 0 Å². The lowest BCUT2D eigenvalue weighted by molar-refractivity contribution is -0.126. The number of carbonyl (C=O) groups excluding carboxylic acids is 1. The third-order valence-electron chi connectivity index (χ3n) is 4.68. The lowest BCUT2D eigenvalue weighted by Gasteiger charge is -2.42. The van der Waals surface area contributed by atoms with Gasteiger partial charge in [-0.25, -0.2) is 0 Å². The highest BCUT2D eigenvalue weighted by Gasteiger charge is 2.33. The molecule has 1 aromatic rings. The number of nitrogens with two attached hydrogens (primary N) is 1. The Balaban J connectivity index is 1.92. The molecule has 2 rings (SSSR count). The fraction of sp³-hybridized carbons (Fsp3) is 0.611. The predicted octanol–water partition coefficient (Wildman–Crippen LogP) is 1.85. The van der Waals surface area contributed by atoms with Gasteiger partial charge >= 0.3 is 0 Å². The van der Waals surface area contributed by atoms with Gasteiger partial charge in [0.2, 0.25) is 5.91 Å². The molecule has 22 heavy (non-hydrogen) atoms. The van der Waals surface area contributed by atoms with Gasteiger partial charge in [0, 0.05) is 38.1 Å². The molecule has 1 aliphatic rings. The number of likely N-dealkylation sites (tertiary alicyclic amines) is 1. The van der Waals surface area contributed by atoms with Crippen molar-refractivity contribution < 1.29 is 4.79 Å². The van der Waals surface area contributed by atoms with Gasteiger partial charge in [-0.05, 0) is 17.4 Å². The largest absolute Gasteiger partial charge is 0.352 e. The Bertz CT molecular complexity index is 464. The summed E-state index contributed by atoms with van der Waals surface area (Å²) in [5.41, 5.74) is 6.93. The van der Waals surface area contributed by atoms with Crippen LogP contribution in [-0.4, -0.2) is 36.5 Å². The predicted molar refractivity (Wildman–Crippen MR) is 90.2 cm³/mol. The molecule has 1 saturated heterocycles. The monoisotopic (exact) mass is 303 g/mol. The molecule has 4 heteroatoms. The smallest absolute Gasteiger partial charge is 0.224 e. The van der Waals surface area contributed by atoms with Gasteiger partial charge in [0.1, 0.15) is 0 Å². The van der Waals surface area contributed by atoms with E-state index in [1.165, 1.54) is 5.56 Å². The summed E-state index contributed by atoms with van der Waals surface area (Å²) in [6, 6.07) is 10.8. The maximum absolute atomic E-state index is 12.1. The minimum absolute atomic E-state index is 0.0858. The molecule has 0 aliphatic carbocycles. The average molecular weight is 303 g/mol. The van der Waals surface area contributed by atoms with E-state index in [0.717, 1.165) is 19.6 Å². The van der Waals surface area contributed by atoms with Crippen molar-refractivity contribution in [2.45, 2.75) is 33.4 Å². The lowest BCUT2D eigenvalue weighted by atomic mass is 9.85. The molecule has 122 valence electrons. The Kier molecular flexibility index (Phi) is 5.98. The molecule has 3 atom stereocenters. The zero-order valence-electron chi connectivity index (χ0n) is 14.0. The number of nitrogens with one attached hydrogen (secondary N) is 1. The number of hydrogen-bond acceptors (Lipinski definition) is 3. The van der Waals surface area contributed by atoms with E-state index in [4.69, 9.17) is 5.73 Å². The summed E-state index contributed by atoms with van der Waals surface area (Å²) >= 11 is 0. The molecule has 0 aromatic heterocycles. The van der Waals surface area contributed by atoms with Crippen molar-refractivity contribution in [2.24, 2.45) is 23.5 Å². The molecule has 4 nitrogen and oxygen atoms in total. The Labute approximate surface area is 134 Å². The molecule has 1 heterocycles. The first kappa shape index (κ1) is 17.0. The van der Waals surface area contributed by atoms with Crippen molar-refractivity contribution >= 4 is 5.91 Å². The van der Waals surface area contributed by atoms with E-state index in [1.54, 1.807) is 0 Å². The van der Waals surface area contributed by atoms with E-state index >= 15 is 0 Å². The van der Waals surface area contributed by atoms with Crippen LogP contribution in [-0.2, 0) is 11.3 Å². The van der Waals surface area contributed by atoms with Gasteiger partial charge in [0.15, 0.2) is 0 Å². The second-order valence-corrected chi connectivity index (χ2v) is 6.81. The van der Waals surface area contributed by atoms with Crippen LogP contribution >= 0.6 is 0 Å². The molecule has 1 amide bonds. The number of amides is 1. The maximum atomic E-state index is 12.1.